The maximum Gasteiger partial charge on any atom is 0.234 e. The van der Waals surface area contributed by atoms with Crippen molar-refractivity contribution >= 4 is 5.91 Å². The number of nitrogens with one attached hydrogen (secondary N) is 1. The van der Waals surface area contributed by atoms with Crippen molar-refractivity contribution in [1.29, 1.82) is 0 Å². The van der Waals surface area contributed by atoms with Crippen LogP contribution in [0.3, 0.4) is 0 Å². The zero-order chi connectivity index (χ0) is 17.1. The van der Waals surface area contributed by atoms with Crippen LogP contribution in [-0.4, -0.2) is 44.4 Å². The fourth-order valence-corrected chi connectivity index (χ4v) is 3.40. The van der Waals surface area contributed by atoms with Gasteiger partial charge in [-0.25, -0.2) is 0 Å². The van der Waals surface area contributed by atoms with Crippen molar-refractivity contribution in [1.82, 2.24) is 5.32 Å². The zero-order valence-corrected chi connectivity index (χ0v) is 15.2. The Hall–Kier alpha value is -0.650. The smallest absolute Gasteiger partial charge is 0.234 e. The third-order valence-electron chi connectivity index (χ3n) is 4.77. The van der Waals surface area contributed by atoms with Crippen LogP contribution >= 0.6 is 0 Å². The minimum atomic E-state index is -0.140. The molecule has 0 bridgehead atoms. The quantitative estimate of drug-likeness (QED) is 0.572. The predicted molar refractivity (Wildman–Crippen MR) is 93.3 cm³/mol. The summed E-state index contributed by atoms with van der Waals surface area (Å²) in [5.41, 5.74) is 5.44. The topological polar surface area (TPSA) is 73.6 Å². The summed E-state index contributed by atoms with van der Waals surface area (Å²) in [7, 11) is 1.71. The SMILES string of the molecule is CCCCCCCCC[C@@H]1OC[C@H](C)[C@H](OC)[C@@H]1NC(=O)CN. The minimum absolute atomic E-state index is 0.00542. The van der Waals surface area contributed by atoms with Crippen molar-refractivity contribution in [3.8, 4) is 0 Å². The van der Waals surface area contributed by atoms with E-state index in [2.05, 4.69) is 19.2 Å². The summed E-state index contributed by atoms with van der Waals surface area (Å²) in [5.74, 6) is 0.132. The van der Waals surface area contributed by atoms with Crippen molar-refractivity contribution in [2.75, 3.05) is 20.3 Å². The molecule has 1 aliphatic rings. The van der Waals surface area contributed by atoms with E-state index in [1.807, 2.05) is 0 Å². The number of unbranched alkanes of at least 4 members (excludes halogenated alkanes) is 6. The first-order valence-corrected chi connectivity index (χ1v) is 9.27. The molecule has 4 atom stereocenters. The summed E-state index contributed by atoms with van der Waals surface area (Å²) in [6, 6.07) is -0.0973. The van der Waals surface area contributed by atoms with Gasteiger partial charge in [-0.1, -0.05) is 58.8 Å². The highest BCUT2D eigenvalue weighted by Crippen LogP contribution is 2.26. The summed E-state index contributed by atoms with van der Waals surface area (Å²) < 4.78 is 11.6. The Morgan fingerprint density at radius 3 is 2.48 bits per heavy atom. The van der Waals surface area contributed by atoms with Gasteiger partial charge in [-0.2, -0.15) is 0 Å². The molecule has 136 valence electrons. The maximum absolute atomic E-state index is 11.7. The highest BCUT2D eigenvalue weighted by molar-refractivity contribution is 5.78. The first-order valence-electron chi connectivity index (χ1n) is 9.27. The molecule has 1 rings (SSSR count). The van der Waals surface area contributed by atoms with E-state index in [0.29, 0.717) is 6.61 Å². The number of hydrogen-bond acceptors (Lipinski definition) is 4. The molecule has 3 N–H and O–H groups in total. The molecule has 5 heteroatoms. The summed E-state index contributed by atoms with van der Waals surface area (Å²) in [6.45, 7) is 5.03. The van der Waals surface area contributed by atoms with Crippen molar-refractivity contribution in [3.05, 3.63) is 0 Å². The lowest BCUT2D eigenvalue weighted by atomic mass is 9.88. The molecule has 0 aromatic carbocycles. The second kappa shape index (κ2) is 11.8. The molecule has 0 radical (unpaired) electrons. The van der Waals surface area contributed by atoms with Crippen LogP contribution in [0.4, 0.5) is 0 Å². The van der Waals surface area contributed by atoms with Crippen LogP contribution in [0, 0.1) is 5.92 Å². The summed E-state index contributed by atoms with van der Waals surface area (Å²) in [6.07, 6.45) is 9.94. The van der Waals surface area contributed by atoms with E-state index in [0.717, 1.165) is 12.8 Å². The summed E-state index contributed by atoms with van der Waals surface area (Å²) >= 11 is 0. The van der Waals surface area contributed by atoms with Crippen LogP contribution < -0.4 is 11.1 Å². The lowest BCUT2D eigenvalue weighted by Gasteiger charge is -2.41. The van der Waals surface area contributed by atoms with Crippen molar-refractivity contribution in [2.24, 2.45) is 11.7 Å². The molecule has 0 aromatic rings. The molecule has 0 saturated carbocycles. The van der Waals surface area contributed by atoms with Crippen LogP contribution in [0.1, 0.15) is 65.2 Å². The van der Waals surface area contributed by atoms with Gasteiger partial charge >= 0.3 is 0 Å². The van der Waals surface area contributed by atoms with Gasteiger partial charge in [0.05, 0.1) is 31.4 Å². The van der Waals surface area contributed by atoms with E-state index in [1.54, 1.807) is 7.11 Å². The Balaban J connectivity index is 2.41. The number of carbonyl (C=O) groups is 1. The van der Waals surface area contributed by atoms with E-state index in [9.17, 15) is 4.79 Å². The van der Waals surface area contributed by atoms with Crippen LogP contribution in [0.25, 0.3) is 0 Å². The van der Waals surface area contributed by atoms with Gasteiger partial charge in [0.2, 0.25) is 5.91 Å². The van der Waals surface area contributed by atoms with Crippen LogP contribution in [-0.2, 0) is 14.3 Å². The van der Waals surface area contributed by atoms with E-state index < -0.39 is 0 Å². The van der Waals surface area contributed by atoms with Gasteiger partial charge < -0.3 is 20.5 Å². The Morgan fingerprint density at radius 2 is 1.87 bits per heavy atom. The van der Waals surface area contributed by atoms with Gasteiger partial charge in [-0.15, -0.1) is 0 Å². The number of hydrogen-bond donors (Lipinski definition) is 2. The van der Waals surface area contributed by atoms with Gasteiger partial charge in [0.15, 0.2) is 0 Å². The number of nitrogens with two attached hydrogens (primary N) is 1. The van der Waals surface area contributed by atoms with Gasteiger partial charge in [0.1, 0.15) is 0 Å². The molecule has 1 heterocycles. The second-order valence-electron chi connectivity index (χ2n) is 6.76. The van der Waals surface area contributed by atoms with Crippen molar-refractivity contribution in [3.63, 3.8) is 0 Å². The lowest BCUT2D eigenvalue weighted by Crippen LogP contribution is -2.59. The Bertz CT molecular complexity index is 325. The Kier molecular flexibility index (Phi) is 10.5. The molecule has 23 heavy (non-hydrogen) atoms. The summed E-state index contributed by atoms with van der Waals surface area (Å²) in [5, 5.41) is 3.00. The van der Waals surface area contributed by atoms with Crippen LogP contribution in [0.5, 0.6) is 0 Å². The van der Waals surface area contributed by atoms with Crippen LogP contribution in [0.15, 0.2) is 0 Å². The molecule has 5 nitrogen and oxygen atoms in total. The third kappa shape index (κ3) is 7.19. The standard InChI is InChI=1S/C18H36N2O3/c1-4-5-6-7-8-9-10-11-15-17(20-16(21)12-19)18(22-3)14(2)13-23-15/h14-15,17-18H,4-13,19H2,1-3H3,(H,20,21)/t14-,15-,17+,18-/m0/s1. The van der Waals surface area contributed by atoms with Gasteiger partial charge in [-0.3, -0.25) is 4.79 Å². The molecule has 0 unspecified atom stereocenters. The fraction of sp³-hybridized carbons (Fsp3) is 0.944. The number of ether oxygens (including phenoxy) is 2. The average molecular weight is 328 g/mol. The van der Waals surface area contributed by atoms with Crippen LogP contribution in [0.2, 0.25) is 0 Å². The number of amides is 1. The van der Waals surface area contributed by atoms with E-state index in [-0.39, 0.29) is 36.6 Å². The Labute approximate surface area is 141 Å². The molecule has 0 aliphatic carbocycles. The molecule has 1 amide bonds. The van der Waals surface area contributed by atoms with Crippen molar-refractivity contribution < 1.29 is 14.3 Å². The predicted octanol–water partition coefficient (Wildman–Crippen LogP) is 2.62. The number of rotatable bonds is 11. The second-order valence-corrected chi connectivity index (χ2v) is 6.76. The fourth-order valence-electron chi connectivity index (χ4n) is 3.40. The Morgan fingerprint density at radius 1 is 1.22 bits per heavy atom. The van der Waals surface area contributed by atoms with Gasteiger partial charge in [0, 0.05) is 13.0 Å². The first-order chi connectivity index (χ1) is 11.1. The van der Waals surface area contributed by atoms with Gasteiger partial charge in [-0.05, 0) is 6.42 Å². The maximum atomic E-state index is 11.7. The molecule has 0 aromatic heterocycles. The van der Waals surface area contributed by atoms with E-state index in [4.69, 9.17) is 15.2 Å². The molecule has 1 fully saturated rings. The van der Waals surface area contributed by atoms with E-state index in [1.165, 1.54) is 38.5 Å². The molecule has 1 aliphatic heterocycles. The summed E-state index contributed by atoms with van der Waals surface area (Å²) in [4.78, 5) is 11.7. The third-order valence-corrected chi connectivity index (χ3v) is 4.77. The average Bonchev–Trinajstić information content (AvgIpc) is 2.55. The monoisotopic (exact) mass is 328 g/mol. The molecule has 1 saturated heterocycles. The molecular formula is C18H36N2O3. The number of carbonyl (C=O) groups excluding carboxylic acids is 1. The minimum Gasteiger partial charge on any atom is -0.379 e. The normalized spacial score (nSPS) is 27.8. The number of methoxy groups -OCH3 is 1. The zero-order valence-electron chi connectivity index (χ0n) is 15.2. The van der Waals surface area contributed by atoms with Gasteiger partial charge in [0.25, 0.3) is 0 Å². The molecular weight excluding hydrogens is 292 g/mol. The highest BCUT2D eigenvalue weighted by Gasteiger charge is 2.39. The first kappa shape index (κ1) is 20.4. The van der Waals surface area contributed by atoms with Crippen molar-refractivity contribution in [2.45, 2.75) is 83.5 Å². The largest absolute Gasteiger partial charge is 0.379 e. The lowest BCUT2D eigenvalue weighted by molar-refractivity contribution is -0.137. The molecule has 0 spiro atoms. The highest BCUT2D eigenvalue weighted by atomic mass is 16.5. The van der Waals surface area contributed by atoms with E-state index >= 15 is 0 Å².